The Kier molecular flexibility index (Phi) is 4.58. The fourth-order valence-corrected chi connectivity index (χ4v) is 2.84. The monoisotopic (exact) mass is 264 g/mol. The zero-order chi connectivity index (χ0) is 13.8. The lowest BCUT2D eigenvalue weighted by atomic mass is 9.86. The van der Waals surface area contributed by atoms with Crippen LogP contribution in [-0.2, 0) is 11.8 Å². The largest absolute Gasteiger partial charge is 0.351 e. The Morgan fingerprint density at radius 1 is 1.47 bits per heavy atom. The van der Waals surface area contributed by atoms with Crippen LogP contribution in [0.1, 0.15) is 44.2 Å². The molecule has 1 fully saturated rings. The summed E-state index contributed by atoms with van der Waals surface area (Å²) in [6.07, 6.45) is 8.42. The minimum atomic E-state index is -0.317. The smallest absolute Gasteiger partial charge is 0.242 e. The Balaban J connectivity index is 2.00. The molecule has 1 amide bonds. The molecule has 0 aliphatic heterocycles. The molecule has 19 heavy (non-hydrogen) atoms. The molecule has 5 heteroatoms. The number of aromatic nitrogens is 2. The highest BCUT2D eigenvalue weighted by molar-refractivity contribution is 5.83. The number of amides is 1. The number of nitrogens with one attached hydrogen (secondary N) is 2. The lowest BCUT2D eigenvalue weighted by molar-refractivity contribution is -0.124. The summed E-state index contributed by atoms with van der Waals surface area (Å²) in [7, 11) is 3.67. The van der Waals surface area contributed by atoms with Crippen molar-refractivity contribution in [2.24, 2.45) is 13.0 Å². The van der Waals surface area contributed by atoms with Gasteiger partial charge in [0.1, 0.15) is 6.04 Å². The topological polar surface area (TPSA) is 59.0 Å². The Hall–Kier alpha value is -1.36. The van der Waals surface area contributed by atoms with Gasteiger partial charge in [0.05, 0.1) is 6.20 Å². The Morgan fingerprint density at radius 2 is 2.21 bits per heavy atom. The second-order valence-electron chi connectivity index (χ2n) is 5.55. The van der Waals surface area contributed by atoms with Crippen LogP contribution in [0.25, 0.3) is 0 Å². The second kappa shape index (κ2) is 6.19. The molecule has 3 atom stereocenters. The fraction of sp³-hybridized carbons (Fsp3) is 0.714. The fourth-order valence-electron chi connectivity index (χ4n) is 2.84. The average molecular weight is 264 g/mol. The summed E-state index contributed by atoms with van der Waals surface area (Å²) >= 11 is 0. The van der Waals surface area contributed by atoms with E-state index in [2.05, 4.69) is 22.7 Å². The summed E-state index contributed by atoms with van der Waals surface area (Å²) < 4.78 is 1.72. The lowest BCUT2D eigenvalue weighted by Gasteiger charge is -2.30. The lowest BCUT2D eigenvalue weighted by Crippen LogP contribution is -2.45. The molecule has 3 unspecified atom stereocenters. The zero-order valence-electron chi connectivity index (χ0n) is 12.0. The molecule has 5 nitrogen and oxygen atoms in total. The van der Waals surface area contributed by atoms with Crippen molar-refractivity contribution in [1.82, 2.24) is 20.4 Å². The van der Waals surface area contributed by atoms with E-state index in [1.165, 1.54) is 19.3 Å². The number of hydrogen-bond donors (Lipinski definition) is 2. The number of carbonyl (C=O) groups excluding carboxylic acids is 1. The summed E-state index contributed by atoms with van der Waals surface area (Å²) in [5.74, 6) is 0.623. The van der Waals surface area contributed by atoms with Gasteiger partial charge in [0.25, 0.3) is 0 Å². The van der Waals surface area contributed by atoms with E-state index in [1.54, 1.807) is 10.9 Å². The quantitative estimate of drug-likeness (QED) is 0.863. The summed E-state index contributed by atoms with van der Waals surface area (Å²) in [5.41, 5.74) is 0.908. The number of hydrogen-bond acceptors (Lipinski definition) is 3. The van der Waals surface area contributed by atoms with Crippen molar-refractivity contribution in [3.63, 3.8) is 0 Å². The number of aryl methyl sites for hydroxylation is 1. The molecule has 1 aromatic heterocycles. The second-order valence-corrected chi connectivity index (χ2v) is 5.55. The van der Waals surface area contributed by atoms with Gasteiger partial charge in [0.2, 0.25) is 5.91 Å². The zero-order valence-corrected chi connectivity index (χ0v) is 12.0. The highest BCUT2D eigenvalue weighted by Crippen LogP contribution is 2.24. The Morgan fingerprint density at radius 3 is 2.79 bits per heavy atom. The van der Waals surface area contributed by atoms with E-state index in [1.807, 2.05) is 20.3 Å². The molecular weight excluding hydrogens is 240 g/mol. The van der Waals surface area contributed by atoms with Gasteiger partial charge in [-0.05, 0) is 25.8 Å². The summed E-state index contributed by atoms with van der Waals surface area (Å²) in [6.45, 7) is 2.22. The summed E-state index contributed by atoms with van der Waals surface area (Å²) in [5, 5.41) is 10.4. The van der Waals surface area contributed by atoms with Crippen LogP contribution in [0.15, 0.2) is 12.4 Å². The van der Waals surface area contributed by atoms with Gasteiger partial charge in [-0.1, -0.05) is 19.8 Å². The molecule has 1 aliphatic carbocycles. The highest BCUT2D eigenvalue weighted by atomic mass is 16.2. The van der Waals surface area contributed by atoms with Gasteiger partial charge >= 0.3 is 0 Å². The first-order valence-electron chi connectivity index (χ1n) is 7.08. The number of nitrogens with zero attached hydrogens (tertiary/aromatic N) is 2. The third-order valence-electron chi connectivity index (χ3n) is 4.05. The van der Waals surface area contributed by atoms with E-state index in [-0.39, 0.29) is 11.9 Å². The molecule has 106 valence electrons. The number of rotatable bonds is 4. The molecule has 0 spiro atoms. The van der Waals surface area contributed by atoms with Crippen molar-refractivity contribution >= 4 is 5.91 Å². The van der Waals surface area contributed by atoms with Gasteiger partial charge in [0.15, 0.2) is 0 Å². The van der Waals surface area contributed by atoms with Gasteiger partial charge in [-0.25, -0.2) is 0 Å². The van der Waals surface area contributed by atoms with Gasteiger partial charge in [-0.3, -0.25) is 9.48 Å². The molecule has 0 radical (unpaired) electrons. The molecule has 1 saturated carbocycles. The first-order valence-corrected chi connectivity index (χ1v) is 7.08. The van der Waals surface area contributed by atoms with Gasteiger partial charge < -0.3 is 10.6 Å². The van der Waals surface area contributed by atoms with Crippen molar-refractivity contribution in [2.75, 3.05) is 7.05 Å². The van der Waals surface area contributed by atoms with Crippen molar-refractivity contribution < 1.29 is 4.79 Å². The molecular formula is C14H24N4O. The molecule has 1 heterocycles. The third kappa shape index (κ3) is 3.35. The van der Waals surface area contributed by atoms with Crippen molar-refractivity contribution in [1.29, 1.82) is 0 Å². The van der Waals surface area contributed by atoms with E-state index in [4.69, 9.17) is 0 Å². The van der Waals surface area contributed by atoms with Crippen LogP contribution in [0.2, 0.25) is 0 Å². The van der Waals surface area contributed by atoms with Crippen molar-refractivity contribution in [3.8, 4) is 0 Å². The maximum Gasteiger partial charge on any atom is 0.242 e. The van der Waals surface area contributed by atoms with E-state index in [0.717, 1.165) is 12.0 Å². The van der Waals surface area contributed by atoms with E-state index in [9.17, 15) is 4.79 Å². The molecule has 0 saturated heterocycles. The molecule has 2 N–H and O–H groups in total. The SMILES string of the molecule is CNC(C(=O)NC1CCCCC1C)c1cnn(C)c1. The molecule has 1 aromatic rings. The van der Waals surface area contributed by atoms with Gasteiger partial charge in [-0.15, -0.1) is 0 Å². The Bertz CT molecular complexity index is 429. The van der Waals surface area contributed by atoms with E-state index < -0.39 is 0 Å². The normalized spacial score (nSPS) is 25.0. The van der Waals surface area contributed by atoms with Crippen LogP contribution < -0.4 is 10.6 Å². The summed E-state index contributed by atoms with van der Waals surface area (Å²) in [4.78, 5) is 12.4. The van der Waals surface area contributed by atoms with Crippen LogP contribution in [0.4, 0.5) is 0 Å². The molecule has 0 bridgehead atoms. The van der Waals surface area contributed by atoms with E-state index >= 15 is 0 Å². The highest BCUT2D eigenvalue weighted by Gasteiger charge is 2.27. The standard InChI is InChI=1S/C14H24N4O/c1-10-6-4-5-7-12(10)17-14(19)13(15-2)11-8-16-18(3)9-11/h8-10,12-13,15H,4-7H2,1-3H3,(H,17,19). The minimum absolute atomic E-state index is 0.0502. The van der Waals surface area contributed by atoms with Crippen LogP contribution in [0.5, 0.6) is 0 Å². The van der Waals surface area contributed by atoms with Crippen LogP contribution in [0.3, 0.4) is 0 Å². The molecule has 2 rings (SSSR count). The summed E-state index contributed by atoms with van der Waals surface area (Å²) in [6, 6.07) is -0.00315. The number of likely N-dealkylation sites (N-methyl/N-ethyl adjacent to an activating group) is 1. The maximum absolute atomic E-state index is 12.4. The number of carbonyl (C=O) groups is 1. The van der Waals surface area contributed by atoms with Gasteiger partial charge in [-0.2, -0.15) is 5.10 Å². The van der Waals surface area contributed by atoms with Crippen LogP contribution in [-0.4, -0.2) is 28.8 Å². The van der Waals surface area contributed by atoms with Crippen molar-refractivity contribution in [2.45, 2.75) is 44.7 Å². The first kappa shape index (κ1) is 14.1. The van der Waals surface area contributed by atoms with Crippen LogP contribution in [0, 0.1) is 5.92 Å². The van der Waals surface area contributed by atoms with E-state index in [0.29, 0.717) is 12.0 Å². The van der Waals surface area contributed by atoms with Crippen LogP contribution >= 0.6 is 0 Å². The third-order valence-corrected chi connectivity index (χ3v) is 4.05. The predicted octanol–water partition coefficient (Wildman–Crippen LogP) is 1.38. The predicted molar refractivity (Wildman–Crippen MR) is 74.6 cm³/mol. The van der Waals surface area contributed by atoms with Gasteiger partial charge in [0, 0.05) is 24.8 Å². The molecule has 1 aliphatic rings. The van der Waals surface area contributed by atoms with Crippen molar-refractivity contribution in [3.05, 3.63) is 18.0 Å². The maximum atomic E-state index is 12.4. The Labute approximate surface area is 114 Å². The minimum Gasteiger partial charge on any atom is -0.351 e. The first-order chi connectivity index (χ1) is 9.11. The average Bonchev–Trinajstić information content (AvgIpc) is 2.80. The molecule has 0 aromatic carbocycles.